The van der Waals surface area contributed by atoms with Crippen LogP contribution in [0, 0.1) is 0 Å². The minimum Gasteiger partial charge on any atom is -0.379 e. The second kappa shape index (κ2) is 9.39. The number of nitrogens with zero attached hydrogens (tertiary/aromatic N) is 7. The lowest BCUT2D eigenvalue weighted by atomic mass is 10.1. The van der Waals surface area contributed by atoms with Crippen molar-refractivity contribution in [3.63, 3.8) is 0 Å². The molecule has 1 aromatic carbocycles. The summed E-state index contributed by atoms with van der Waals surface area (Å²) in [7, 11) is 0. The molecule has 4 rings (SSSR count). The fourth-order valence-electron chi connectivity index (χ4n) is 3.31. The van der Waals surface area contributed by atoms with E-state index in [0.29, 0.717) is 32.1 Å². The van der Waals surface area contributed by atoms with Crippen molar-refractivity contribution in [3.8, 4) is 0 Å². The molecular weight excluding hydrogens is 372 g/mol. The van der Waals surface area contributed by atoms with E-state index in [9.17, 15) is 4.79 Å². The van der Waals surface area contributed by atoms with Gasteiger partial charge >= 0.3 is 0 Å². The molecule has 1 saturated heterocycles. The first-order chi connectivity index (χ1) is 14.3. The molecule has 10 nitrogen and oxygen atoms in total. The molecule has 29 heavy (non-hydrogen) atoms. The average Bonchev–Trinajstić information content (AvgIpc) is 3.41. The lowest BCUT2D eigenvalue weighted by molar-refractivity contribution is -0.122. The number of morpholine rings is 1. The molecule has 10 heteroatoms. The van der Waals surface area contributed by atoms with Crippen LogP contribution in [0.1, 0.15) is 17.4 Å². The largest absolute Gasteiger partial charge is 0.379 e. The fourth-order valence-corrected chi connectivity index (χ4v) is 3.31. The zero-order valence-electron chi connectivity index (χ0n) is 16.1. The summed E-state index contributed by atoms with van der Waals surface area (Å²) in [5.41, 5.74) is 1.02. The van der Waals surface area contributed by atoms with Gasteiger partial charge in [-0.1, -0.05) is 30.3 Å². The van der Waals surface area contributed by atoms with Crippen LogP contribution >= 0.6 is 0 Å². The van der Waals surface area contributed by atoms with Gasteiger partial charge < -0.3 is 10.1 Å². The number of rotatable bonds is 8. The van der Waals surface area contributed by atoms with E-state index in [1.54, 1.807) is 15.6 Å². The number of ether oxygens (including phenoxy) is 1. The molecule has 1 atom stereocenters. The Morgan fingerprint density at radius 2 is 2.00 bits per heavy atom. The number of benzene rings is 1. The maximum absolute atomic E-state index is 12.8. The van der Waals surface area contributed by atoms with E-state index in [1.165, 1.54) is 0 Å². The Kier molecular flexibility index (Phi) is 6.22. The van der Waals surface area contributed by atoms with Crippen LogP contribution in [0.4, 0.5) is 0 Å². The molecule has 0 spiro atoms. The van der Waals surface area contributed by atoms with Gasteiger partial charge in [0.15, 0.2) is 5.82 Å². The smallest absolute Gasteiger partial charge is 0.242 e. The monoisotopic (exact) mass is 396 g/mol. The molecule has 0 saturated carbocycles. The summed E-state index contributed by atoms with van der Waals surface area (Å²) in [4.78, 5) is 15.0. The molecule has 0 bridgehead atoms. The Balaban J connectivity index is 1.41. The summed E-state index contributed by atoms with van der Waals surface area (Å²) < 4.78 is 8.73. The fraction of sp³-hybridized carbons (Fsp3) is 0.421. The van der Waals surface area contributed by atoms with Crippen LogP contribution in [0.3, 0.4) is 0 Å². The number of hydrogen-bond acceptors (Lipinski definition) is 7. The Hall–Kier alpha value is -3.11. The molecule has 1 fully saturated rings. The number of aromatic nitrogens is 6. The quantitative estimate of drug-likeness (QED) is 0.582. The lowest BCUT2D eigenvalue weighted by Gasteiger charge is -2.25. The highest BCUT2D eigenvalue weighted by Crippen LogP contribution is 2.15. The predicted octanol–water partition coefficient (Wildman–Crippen LogP) is 0.260. The van der Waals surface area contributed by atoms with Gasteiger partial charge in [0.25, 0.3) is 0 Å². The van der Waals surface area contributed by atoms with E-state index in [0.717, 1.165) is 18.7 Å². The van der Waals surface area contributed by atoms with E-state index >= 15 is 0 Å². The van der Waals surface area contributed by atoms with Crippen LogP contribution in [0.5, 0.6) is 0 Å². The maximum atomic E-state index is 12.8. The summed E-state index contributed by atoms with van der Waals surface area (Å²) in [6.45, 7) is 4.27. The van der Waals surface area contributed by atoms with Crippen LogP contribution < -0.4 is 5.32 Å². The van der Waals surface area contributed by atoms with Gasteiger partial charge in [0.05, 0.1) is 32.3 Å². The van der Waals surface area contributed by atoms with Crippen molar-refractivity contribution in [2.24, 2.45) is 0 Å². The van der Waals surface area contributed by atoms with E-state index in [2.05, 4.69) is 30.8 Å². The Bertz CT molecular complexity index is 890. The number of carbonyl (C=O) groups excluding carboxylic acids is 1. The summed E-state index contributed by atoms with van der Waals surface area (Å²) in [5, 5.41) is 19.2. The van der Waals surface area contributed by atoms with Crippen LogP contribution in [0.25, 0.3) is 0 Å². The summed E-state index contributed by atoms with van der Waals surface area (Å²) in [6.07, 6.45) is 3.60. The van der Waals surface area contributed by atoms with E-state index in [-0.39, 0.29) is 18.5 Å². The standard InChI is InChI=1S/C19H24N8O2/c28-19(15-27-18(22-23-24-27)14-25-9-11-29-12-10-25)21-17(13-26-8-4-7-20-26)16-5-2-1-3-6-16/h1-8,17H,9-15H2,(H,21,28)/t17-/m1/s1. The average molecular weight is 396 g/mol. The van der Waals surface area contributed by atoms with Crippen LogP contribution in [-0.4, -0.2) is 67.1 Å². The van der Waals surface area contributed by atoms with Crippen molar-refractivity contribution >= 4 is 5.91 Å². The molecule has 152 valence electrons. The SMILES string of the molecule is O=C(Cn1nnnc1CN1CCOCC1)N[C@H](Cn1cccn1)c1ccccc1. The molecule has 1 aliphatic rings. The molecule has 0 unspecified atom stereocenters. The van der Waals surface area contributed by atoms with Gasteiger partial charge in [0, 0.05) is 25.5 Å². The molecule has 0 aliphatic carbocycles. The van der Waals surface area contributed by atoms with Gasteiger partial charge in [-0.05, 0) is 22.1 Å². The van der Waals surface area contributed by atoms with E-state index in [1.807, 2.05) is 42.6 Å². The van der Waals surface area contributed by atoms with Gasteiger partial charge in [-0.2, -0.15) is 5.10 Å². The highest BCUT2D eigenvalue weighted by atomic mass is 16.5. The van der Waals surface area contributed by atoms with Crippen molar-refractivity contribution in [1.82, 2.24) is 40.2 Å². The van der Waals surface area contributed by atoms with Crippen molar-refractivity contribution in [1.29, 1.82) is 0 Å². The van der Waals surface area contributed by atoms with Crippen molar-refractivity contribution in [2.45, 2.75) is 25.7 Å². The van der Waals surface area contributed by atoms with Crippen molar-refractivity contribution in [2.75, 3.05) is 26.3 Å². The first kappa shape index (κ1) is 19.2. The molecule has 1 amide bonds. The zero-order chi connectivity index (χ0) is 19.9. The number of nitrogens with one attached hydrogen (secondary N) is 1. The summed E-state index contributed by atoms with van der Waals surface area (Å²) in [6, 6.07) is 11.5. The lowest BCUT2D eigenvalue weighted by Crippen LogP contribution is -2.37. The number of amides is 1. The van der Waals surface area contributed by atoms with Gasteiger partial charge in [-0.25, -0.2) is 4.68 Å². The molecule has 0 radical (unpaired) electrons. The number of tetrazole rings is 1. The minimum absolute atomic E-state index is 0.0646. The highest BCUT2D eigenvalue weighted by molar-refractivity contribution is 5.76. The van der Waals surface area contributed by atoms with Gasteiger partial charge in [0.1, 0.15) is 6.54 Å². The van der Waals surface area contributed by atoms with Gasteiger partial charge in [-0.15, -0.1) is 5.10 Å². The molecule has 1 aliphatic heterocycles. The Morgan fingerprint density at radius 3 is 2.76 bits per heavy atom. The second-order valence-electron chi connectivity index (χ2n) is 6.90. The summed E-state index contributed by atoms with van der Waals surface area (Å²) >= 11 is 0. The third-order valence-corrected chi connectivity index (χ3v) is 4.83. The molecule has 3 heterocycles. The zero-order valence-corrected chi connectivity index (χ0v) is 16.1. The highest BCUT2D eigenvalue weighted by Gasteiger charge is 2.19. The van der Waals surface area contributed by atoms with E-state index < -0.39 is 0 Å². The molecule has 1 N–H and O–H groups in total. The van der Waals surface area contributed by atoms with Crippen LogP contribution in [0.2, 0.25) is 0 Å². The maximum Gasteiger partial charge on any atom is 0.242 e. The normalized spacial score (nSPS) is 15.9. The van der Waals surface area contributed by atoms with Gasteiger partial charge in [-0.3, -0.25) is 14.4 Å². The Morgan fingerprint density at radius 1 is 1.17 bits per heavy atom. The van der Waals surface area contributed by atoms with Crippen LogP contribution in [-0.2, 0) is 29.2 Å². The first-order valence-electron chi connectivity index (χ1n) is 9.65. The molecular formula is C19H24N8O2. The summed E-state index contributed by atoms with van der Waals surface area (Å²) in [5.74, 6) is 0.520. The van der Waals surface area contributed by atoms with Crippen LogP contribution in [0.15, 0.2) is 48.8 Å². The van der Waals surface area contributed by atoms with Gasteiger partial charge in [0.2, 0.25) is 5.91 Å². The molecule has 2 aromatic heterocycles. The number of carbonyl (C=O) groups is 1. The third-order valence-electron chi connectivity index (χ3n) is 4.83. The Labute approximate surface area is 168 Å². The molecule has 3 aromatic rings. The van der Waals surface area contributed by atoms with Crippen molar-refractivity contribution in [3.05, 3.63) is 60.2 Å². The second-order valence-corrected chi connectivity index (χ2v) is 6.90. The predicted molar refractivity (Wildman–Crippen MR) is 103 cm³/mol. The number of hydrogen-bond donors (Lipinski definition) is 1. The topological polar surface area (TPSA) is 103 Å². The van der Waals surface area contributed by atoms with E-state index in [4.69, 9.17) is 4.74 Å². The van der Waals surface area contributed by atoms with Crippen molar-refractivity contribution < 1.29 is 9.53 Å². The third kappa shape index (κ3) is 5.24. The first-order valence-corrected chi connectivity index (χ1v) is 9.65. The minimum atomic E-state index is -0.206.